The quantitative estimate of drug-likeness (QED) is 0.824. The average molecular weight is 334 g/mol. The number of benzene rings is 2. The minimum atomic E-state index is 0.679. The lowest BCUT2D eigenvalue weighted by molar-refractivity contribution is 0.337. The standard InChI is InChI=1S/C17H20BrNO/c1-4-20-17-8-6-15(18)10-14(17)11-19-16-7-5-12(2)9-13(16)3/h5-10,19H,4,11H2,1-3H3. The lowest BCUT2D eigenvalue weighted by Gasteiger charge is -2.14. The Labute approximate surface area is 129 Å². The molecule has 2 rings (SSSR count). The first-order chi connectivity index (χ1) is 9.60. The van der Waals surface area contributed by atoms with Crippen molar-refractivity contribution >= 4 is 21.6 Å². The van der Waals surface area contributed by atoms with Crippen LogP contribution in [0, 0.1) is 13.8 Å². The van der Waals surface area contributed by atoms with Crippen LogP contribution in [0.1, 0.15) is 23.6 Å². The Balaban J connectivity index is 2.15. The van der Waals surface area contributed by atoms with Crippen molar-refractivity contribution in [3.63, 3.8) is 0 Å². The van der Waals surface area contributed by atoms with Gasteiger partial charge >= 0.3 is 0 Å². The van der Waals surface area contributed by atoms with E-state index in [2.05, 4.69) is 59.4 Å². The molecule has 0 aromatic heterocycles. The van der Waals surface area contributed by atoms with Gasteiger partial charge in [0.1, 0.15) is 5.75 Å². The summed E-state index contributed by atoms with van der Waals surface area (Å²) in [5, 5.41) is 3.48. The Morgan fingerprint density at radius 1 is 1.10 bits per heavy atom. The van der Waals surface area contributed by atoms with Crippen molar-refractivity contribution in [1.29, 1.82) is 0 Å². The maximum absolute atomic E-state index is 5.67. The highest BCUT2D eigenvalue weighted by molar-refractivity contribution is 9.10. The van der Waals surface area contributed by atoms with Crippen LogP contribution in [0.4, 0.5) is 5.69 Å². The second-order valence-corrected chi connectivity index (χ2v) is 5.77. The Morgan fingerprint density at radius 3 is 2.60 bits per heavy atom. The zero-order valence-electron chi connectivity index (χ0n) is 12.2. The first kappa shape index (κ1) is 14.9. The molecule has 2 aromatic carbocycles. The van der Waals surface area contributed by atoms with Gasteiger partial charge in [-0.3, -0.25) is 0 Å². The van der Waals surface area contributed by atoms with Gasteiger partial charge in [0, 0.05) is 22.3 Å². The second-order valence-electron chi connectivity index (χ2n) is 4.86. The molecule has 0 radical (unpaired) electrons. The number of hydrogen-bond acceptors (Lipinski definition) is 2. The predicted octanol–water partition coefficient (Wildman–Crippen LogP) is 5.08. The van der Waals surface area contributed by atoms with Crippen LogP contribution < -0.4 is 10.1 Å². The maximum Gasteiger partial charge on any atom is 0.124 e. The molecule has 0 aliphatic carbocycles. The molecule has 0 aliphatic rings. The van der Waals surface area contributed by atoms with Gasteiger partial charge in [0.2, 0.25) is 0 Å². The lowest BCUT2D eigenvalue weighted by Crippen LogP contribution is -2.04. The van der Waals surface area contributed by atoms with Crippen LogP contribution in [0.3, 0.4) is 0 Å². The predicted molar refractivity (Wildman–Crippen MR) is 88.6 cm³/mol. The van der Waals surface area contributed by atoms with Gasteiger partial charge in [0.25, 0.3) is 0 Å². The van der Waals surface area contributed by atoms with Crippen molar-refractivity contribution in [3.05, 3.63) is 57.6 Å². The van der Waals surface area contributed by atoms with E-state index in [1.165, 1.54) is 11.1 Å². The van der Waals surface area contributed by atoms with E-state index in [9.17, 15) is 0 Å². The molecule has 0 fully saturated rings. The highest BCUT2D eigenvalue weighted by atomic mass is 79.9. The summed E-state index contributed by atoms with van der Waals surface area (Å²) < 4.78 is 6.74. The molecule has 0 aliphatic heterocycles. The van der Waals surface area contributed by atoms with Gasteiger partial charge in [-0.25, -0.2) is 0 Å². The van der Waals surface area contributed by atoms with Crippen molar-refractivity contribution in [3.8, 4) is 5.75 Å². The fourth-order valence-electron chi connectivity index (χ4n) is 2.18. The molecule has 0 bridgehead atoms. The Kier molecular flexibility index (Phi) is 5.07. The molecule has 0 atom stereocenters. The molecule has 0 unspecified atom stereocenters. The minimum absolute atomic E-state index is 0.679. The van der Waals surface area contributed by atoms with Crippen LogP contribution in [0.2, 0.25) is 0 Å². The minimum Gasteiger partial charge on any atom is -0.494 e. The fourth-order valence-corrected chi connectivity index (χ4v) is 2.59. The average Bonchev–Trinajstić information content (AvgIpc) is 2.41. The topological polar surface area (TPSA) is 21.3 Å². The van der Waals surface area contributed by atoms with E-state index < -0.39 is 0 Å². The SMILES string of the molecule is CCOc1ccc(Br)cc1CNc1ccc(C)cc1C. The van der Waals surface area contributed by atoms with Gasteiger partial charge in [0.15, 0.2) is 0 Å². The van der Waals surface area contributed by atoms with Crippen LogP contribution in [-0.2, 0) is 6.54 Å². The Morgan fingerprint density at radius 2 is 1.90 bits per heavy atom. The molecule has 0 heterocycles. The van der Waals surface area contributed by atoms with Crippen LogP contribution in [0.25, 0.3) is 0 Å². The van der Waals surface area contributed by atoms with E-state index in [0.717, 1.165) is 28.0 Å². The normalized spacial score (nSPS) is 10.4. The molecule has 0 saturated heterocycles. The highest BCUT2D eigenvalue weighted by Crippen LogP contribution is 2.25. The fraction of sp³-hybridized carbons (Fsp3) is 0.294. The van der Waals surface area contributed by atoms with Crippen molar-refractivity contribution in [2.45, 2.75) is 27.3 Å². The van der Waals surface area contributed by atoms with Crippen LogP contribution >= 0.6 is 15.9 Å². The van der Waals surface area contributed by atoms with E-state index in [1.54, 1.807) is 0 Å². The van der Waals surface area contributed by atoms with Crippen LogP contribution in [0.15, 0.2) is 40.9 Å². The third-order valence-electron chi connectivity index (χ3n) is 3.17. The van der Waals surface area contributed by atoms with Crippen molar-refractivity contribution in [1.82, 2.24) is 0 Å². The Hall–Kier alpha value is -1.48. The number of nitrogens with one attached hydrogen (secondary N) is 1. The molecule has 20 heavy (non-hydrogen) atoms. The van der Waals surface area contributed by atoms with Gasteiger partial charge in [-0.15, -0.1) is 0 Å². The van der Waals surface area contributed by atoms with Crippen LogP contribution in [0.5, 0.6) is 5.75 Å². The first-order valence-corrected chi connectivity index (χ1v) is 7.62. The van der Waals surface area contributed by atoms with Gasteiger partial charge < -0.3 is 10.1 Å². The van der Waals surface area contributed by atoms with Gasteiger partial charge in [-0.05, 0) is 50.6 Å². The molecule has 2 aromatic rings. The van der Waals surface area contributed by atoms with Gasteiger partial charge in [0.05, 0.1) is 6.61 Å². The molecular formula is C17H20BrNO. The Bertz CT molecular complexity index is 596. The van der Waals surface area contributed by atoms with Crippen molar-refractivity contribution < 1.29 is 4.74 Å². The first-order valence-electron chi connectivity index (χ1n) is 6.82. The maximum atomic E-state index is 5.67. The molecule has 0 amide bonds. The molecule has 0 saturated carbocycles. The van der Waals surface area contributed by atoms with Crippen molar-refractivity contribution in [2.75, 3.05) is 11.9 Å². The summed E-state index contributed by atoms with van der Waals surface area (Å²) in [6.07, 6.45) is 0. The number of ether oxygens (including phenoxy) is 1. The van der Waals surface area contributed by atoms with E-state index in [4.69, 9.17) is 4.74 Å². The van der Waals surface area contributed by atoms with Gasteiger partial charge in [-0.2, -0.15) is 0 Å². The smallest absolute Gasteiger partial charge is 0.124 e. The third kappa shape index (κ3) is 3.76. The highest BCUT2D eigenvalue weighted by Gasteiger charge is 2.05. The van der Waals surface area contributed by atoms with E-state index >= 15 is 0 Å². The number of aryl methyl sites for hydroxylation is 2. The van der Waals surface area contributed by atoms with E-state index in [1.807, 2.05) is 19.1 Å². The number of hydrogen-bond donors (Lipinski definition) is 1. The van der Waals surface area contributed by atoms with E-state index in [-0.39, 0.29) is 0 Å². The summed E-state index contributed by atoms with van der Waals surface area (Å²) in [6, 6.07) is 12.6. The second kappa shape index (κ2) is 6.80. The monoisotopic (exact) mass is 333 g/mol. The third-order valence-corrected chi connectivity index (χ3v) is 3.67. The zero-order valence-corrected chi connectivity index (χ0v) is 13.8. The van der Waals surface area contributed by atoms with Crippen molar-refractivity contribution in [2.24, 2.45) is 0 Å². The largest absolute Gasteiger partial charge is 0.494 e. The number of anilines is 1. The molecule has 106 valence electrons. The molecular weight excluding hydrogens is 314 g/mol. The van der Waals surface area contributed by atoms with Crippen LogP contribution in [-0.4, -0.2) is 6.61 Å². The van der Waals surface area contributed by atoms with E-state index in [0.29, 0.717) is 6.61 Å². The summed E-state index contributed by atoms with van der Waals surface area (Å²) in [5.41, 5.74) is 4.86. The summed E-state index contributed by atoms with van der Waals surface area (Å²) >= 11 is 3.51. The molecule has 1 N–H and O–H groups in total. The number of rotatable bonds is 5. The lowest BCUT2D eigenvalue weighted by atomic mass is 10.1. The summed E-state index contributed by atoms with van der Waals surface area (Å²) in [6.45, 7) is 7.66. The summed E-state index contributed by atoms with van der Waals surface area (Å²) in [4.78, 5) is 0. The number of halogens is 1. The summed E-state index contributed by atoms with van der Waals surface area (Å²) in [7, 11) is 0. The summed E-state index contributed by atoms with van der Waals surface area (Å²) in [5.74, 6) is 0.938. The molecule has 2 nitrogen and oxygen atoms in total. The molecule has 3 heteroatoms. The van der Waals surface area contributed by atoms with Gasteiger partial charge in [-0.1, -0.05) is 33.6 Å². The zero-order chi connectivity index (χ0) is 14.5. The molecule has 0 spiro atoms.